The molecule has 0 saturated heterocycles. The van der Waals surface area contributed by atoms with Crippen LogP contribution in [0.1, 0.15) is 78.1 Å². The highest BCUT2D eigenvalue weighted by atomic mass is 16.3. The van der Waals surface area contributed by atoms with Crippen molar-refractivity contribution >= 4 is 0 Å². The zero-order valence-corrected chi connectivity index (χ0v) is 18.4. The van der Waals surface area contributed by atoms with Crippen LogP contribution in [0.15, 0.2) is 47.6 Å². The fraction of sp³-hybridized carbons (Fsp3) is 0.704. The first-order valence-electron chi connectivity index (χ1n) is 12.0. The van der Waals surface area contributed by atoms with Gasteiger partial charge in [-0.15, -0.1) is 0 Å². The topological polar surface area (TPSA) is 40.5 Å². The normalized spacial score (nSPS) is 40.6. The molecule has 0 spiro atoms. The summed E-state index contributed by atoms with van der Waals surface area (Å²) in [7, 11) is 0. The van der Waals surface area contributed by atoms with Gasteiger partial charge in [-0.2, -0.15) is 0 Å². The lowest BCUT2D eigenvalue weighted by Crippen LogP contribution is -2.35. The van der Waals surface area contributed by atoms with Gasteiger partial charge in [0.15, 0.2) is 0 Å². The lowest BCUT2D eigenvalue weighted by atomic mass is 9.61. The number of aliphatic hydroxyl groups excluding tert-OH is 2. The minimum absolute atomic E-state index is 0.198. The van der Waals surface area contributed by atoms with Crippen molar-refractivity contribution in [2.75, 3.05) is 0 Å². The SMILES string of the molecule is C=C1CC[C@H](O)C/C1=C/C=C1\CCC[C@]2(C)C(C(C)/C=C/[C@@H](O)C3CC3)CC[C@@H]12. The Labute approximate surface area is 177 Å². The lowest BCUT2D eigenvalue weighted by Gasteiger charge is -2.44. The first-order chi connectivity index (χ1) is 13.9. The van der Waals surface area contributed by atoms with E-state index in [1.54, 1.807) is 5.57 Å². The molecule has 2 heteroatoms. The third-order valence-electron chi connectivity index (χ3n) is 8.58. The molecule has 0 bridgehead atoms. The molecule has 160 valence electrons. The minimum atomic E-state index is -0.227. The Kier molecular flexibility index (Phi) is 6.23. The molecule has 0 aliphatic heterocycles. The average Bonchev–Trinajstić information content (AvgIpc) is 3.48. The number of hydrogen-bond donors (Lipinski definition) is 2. The molecule has 0 aromatic carbocycles. The third kappa shape index (κ3) is 4.49. The molecular formula is C27H40O2. The molecule has 0 heterocycles. The van der Waals surface area contributed by atoms with Crippen LogP contribution in [0.25, 0.3) is 0 Å². The van der Waals surface area contributed by atoms with Crippen LogP contribution in [0, 0.1) is 29.1 Å². The molecule has 4 saturated carbocycles. The van der Waals surface area contributed by atoms with Gasteiger partial charge in [-0.1, -0.05) is 55.9 Å². The monoisotopic (exact) mass is 396 g/mol. The Hall–Kier alpha value is -1.12. The predicted octanol–water partition coefficient (Wildman–Crippen LogP) is 6.12. The van der Waals surface area contributed by atoms with Gasteiger partial charge in [0.2, 0.25) is 0 Å². The van der Waals surface area contributed by atoms with E-state index in [-0.39, 0.29) is 12.2 Å². The first-order valence-corrected chi connectivity index (χ1v) is 12.0. The molecule has 6 atom stereocenters. The van der Waals surface area contributed by atoms with Crippen molar-refractivity contribution in [3.8, 4) is 0 Å². The van der Waals surface area contributed by atoms with Gasteiger partial charge in [0, 0.05) is 0 Å². The van der Waals surface area contributed by atoms with Crippen LogP contribution >= 0.6 is 0 Å². The van der Waals surface area contributed by atoms with Crippen molar-refractivity contribution in [1.29, 1.82) is 0 Å². The fourth-order valence-corrected chi connectivity index (χ4v) is 6.56. The Bertz CT molecular complexity index is 710. The molecule has 2 unspecified atom stereocenters. The summed E-state index contributed by atoms with van der Waals surface area (Å²) in [5.41, 5.74) is 4.46. The Morgan fingerprint density at radius 3 is 2.62 bits per heavy atom. The maximum Gasteiger partial charge on any atom is 0.0749 e. The Morgan fingerprint density at radius 2 is 1.86 bits per heavy atom. The summed E-state index contributed by atoms with van der Waals surface area (Å²) >= 11 is 0. The van der Waals surface area contributed by atoms with E-state index < -0.39 is 0 Å². The van der Waals surface area contributed by atoms with Crippen LogP contribution in [0.4, 0.5) is 0 Å². The molecule has 2 nitrogen and oxygen atoms in total. The average molecular weight is 397 g/mol. The summed E-state index contributed by atoms with van der Waals surface area (Å²) in [6.07, 6.45) is 20.0. The molecule has 29 heavy (non-hydrogen) atoms. The van der Waals surface area contributed by atoms with Gasteiger partial charge in [-0.25, -0.2) is 0 Å². The van der Waals surface area contributed by atoms with Crippen LogP contribution < -0.4 is 0 Å². The largest absolute Gasteiger partial charge is 0.393 e. The van der Waals surface area contributed by atoms with E-state index in [1.165, 1.54) is 56.1 Å². The molecule has 2 N–H and O–H groups in total. The van der Waals surface area contributed by atoms with E-state index in [0.29, 0.717) is 29.1 Å². The predicted molar refractivity (Wildman–Crippen MR) is 120 cm³/mol. The molecular weight excluding hydrogens is 356 g/mol. The molecule has 0 radical (unpaired) electrons. The van der Waals surface area contributed by atoms with Crippen molar-refractivity contribution < 1.29 is 10.2 Å². The maximum atomic E-state index is 10.2. The molecule has 0 amide bonds. The Balaban J connectivity index is 1.47. The van der Waals surface area contributed by atoms with Crippen molar-refractivity contribution in [2.45, 2.75) is 90.3 Å². The maximum absolute atomic E-state index is 10.2. The summed E-state index contributed by atoms with van der Waals surface area (Å²) in [6.45, 7) is 9.11. The molecule has 0 aromatic heterocycles. The van der Waals surface area contributed by atoms with Gasteiger partial charge >= 0.3 is 0 Å². The van der Waals surface area contributed by atoms with Crippen LogP contribution in [0.2, 0.25) is 0 Å². The van der Waals surface area contributed by atoms with Gasteiger partial charge in [0.1, 0.15) is 0 Å². The van der Waals surface area contributed by atoms with E-state index in [4.69, 9.17) is 0 Å². The van der Waals surface area contributed by atoms with Crippen LogP contribution in [0.5, 0.6) is 0 Å². The molecule has 4 fully saturated rings. The van der Waals surface area contributed by atoms with Crippen molar-refractivity contribution in [3.05, 3.63) is 47.6 Å². The van der Waals surface area contributed by atoms with E-state index in [0.717, 1.165) is 19.3 Å². The third-order valence-corrected chi connectivity index (χ3v) is 8.58. The quantitative estimate of drug-likeness (QED) is 0.550. The number of rotatable bonds is 5. The smallest absolute Gasteiger partial charge is 0.0749 e. The fourth-order valence-electron chi connectivity index (χ4n) is 6.56. The van der Waals surface area contributed by atoms with E-state index in [2.05, 4.69) is 44.7 Å². The summed E-state index contributed by atoms with van der Waals surface area (Å²) in [5.74, 6) is 2.45. The van der Waals surface area contributed by atoms with Crippen LogP contribution in [-0.2, 0) is 0 Å². The van der Waals surface area contributed by atoms with Crippen molar-refractivity contribution in [2.24, 2.45) is 29.1 Å². The summed E-state index contributed by atoms with van der Waals surface area (Å²) in [6, 6.07) is 0. The highest BCUT2D eigenvalue weighted by Crippen LogP contribution is 2.59. The number of fused-ring (bicyclic) bond motifs is 1. The minimum Gasteiger partial charge on any atom is -0.393 e. The van der Waals surface area contributed by atoms with Gasteiger partial charge in [-0.05, 0) is 98.9 Å². The zero-order chi connectivity index (χ0) is 20.6. The zero-order valence-electron chi connectivity index (χ0n) is 18.4. The summed E-state index contributed by atoms with van der Waals surface area (Å²) < 4.78 is 0. The first kappa shape index (κ1) is 21.1. The second-order valence-corrected chi connectivity index (χ2v) is 10.6. The highest BCUT2D eigenvalue weighted by molar-refractivity contribution is 5.36. The van der Waals surface area contributed by atoms with Gasteiger partial charge in [0.05, 0.1) is 12.2 Å². The van der Waals surface area contributed by atoms with E-state index in [9.17, 15) is 10.2 Å². The molecule has 0 aromatic rings. The van der Waals surface area contributed by atoms with E-state index >= 15 is 0 Å². The highest BCUT2D eigenvalue weighted by Gasteiger charge is 2.50. The number of hydrogen-bond acceptors (Lipinski definition) is 2. The van der Waals surface area contributed by atoms with E-state index in [1.807, 2.05) is 0 Å². The molecule has 4 rings (SSSR count). The molecule has 4 aliphatic rings. The number of allylic oxidation sites excluding steroid dienone is 5. The molecule has 4 aliphatic carbocycles. The Morgan fingerprint density at radius 1 is 1.07 bits per heavy atom. The van der Waals surface area contributed by atoms with Crippen LogP contribution in [-0.4, -0.2) is 22.4 Å². The van der Waals surface area contributed by atoms with Crippen molar-refractivity contribution in [3.63, 3.8) is 0 Å². The number of aliphatic hydroxyl groups is 2. The lowest BCUT2D eigenvalue weighted by molar-refractivity contribution is 0.111. The standard InChI is InChI=1S/C27H40O2/c1-18-6-12-23(28)17-22(18)11-8-20-5-4-16-27(3)24(13-14-25(20)27)19(2)7-15-26(29)21-9-10-21/h7-8,11,15,19,21,23-26,28-29H,1,4-6,9-10,12-14,16-17H2,2-3H3/b15-7+,20-8+,22-11-/t19?,23-,24?,25-,26+,27+/m0/s1. The second kappa shape index (κ2) is 8.55. The van der Waals surface area contributed by atoms with Gasteiger partial charge in [-0.3, -0.25) is 0 Å². The van der Waals surface area contributed by atoms with Crippen molar-refractivity contribution in [1.82, 2.24) is 0 Å². The van der Waals surface area contributed by atoms with Gasteiger partial charge in [0.25, 0.3) is 0 Å². The van der Waals surface area contributed by atoms with Gasteiger partial charge < -0.3 is 10.2 Å². The van der Waals surface area contributed by atoms with Crippen LogP contribution in [0.3, 0.4) is 0 Å². The second-order valence-electron chi connectivity index (χ2n) is 10.6. The summed E-state index contributed by atoms with van der Waals surface area (Å²) in [5, 5.41) is 20.2. The summed E-state index contributed by atoms with van der Waals surface area (Å²) in [4.78, 5) is 0.